The smallest absolute Gasteiger partial charge is 0.257 e. The summed E-state index contributed by atoms with van der Waals surface area (Å²) < 4.78 is 0. The molecule has 0 saturated carbocycles. The van der Waals surface area contributed by atoms with Gasteiger partial charge < -0.3 is 10.4 Å². The van der Waals surface area contributed by atoms with Crippen LogP contribution in [0, 0.1) is 0 Å². The third-order valence-corrected chi connectivity index (χ3v) is 2.87. The zero-order valence-corrected chi connectivity index (χ0v) is 10.5. The lowest BCUT2D eigenvalue weighted by Crippen LogP contribution is -2.12. The molecule has 0 spiro atoms. The Morgan fingerprint density at radius 1 is 1.22 bits per heavy atom. The quantitative estimate of drug-likeness (QED) is 0.656. The van der Waals surface area contributed by atoms with Gasteiger partial charge in [-0.25, -0.2) is 4.98 Å². The molecule has 6 heteroatoms. The standard InChI is InChI=1S/C12H8Cl2N2O2/c13-10-5-7(6-15-11(10)14)12(18)16-8-1-3-9(17)4-2-8/h1-6,17H,(H,16,18). The summed E-state index contributed by atoms with van der Waals surface area (Å²) in [5.74, 6) is -0.226. The van der Waals surface area contributed by atoms with Gasteiger partial charge in [0.15, 0.2) is 0 Å². The van der Waals surface area contributed by atoms with Crippen LogP contribution in [-0.4, -0.2) is 16.0 Å². The summed E-state index contributed by atoms with van der Waals surface area (Å²) in [4.78, 5) is 15.6. The van der Waals surface area contributed by atoms with Crippen LogP contribution in [0.15, 0.2) is 36.5 Å². The van der Waals surface area contributed by atoms with E-state index in [1.165, 1.54) is 24.4 Å². The number of carbonyl (C=O) groups excluding carboxylic acids is 1. The molecule has 0 aliphatic rings. The van der Waals surface area contributed by atoms with Gasteiger partial charge in [0.2, 0.25) is 0 Å². The molecule has 4 nitrogen and oxygen atoms in total. The minimum absolute atomic E-state index is 0.129. The number of benzene rings is 1. The number of aromatic nitrogens is 1. The molecule has 0 aliphatic heterocycles. The molecule has 1 aromatic carbocycles. The van der Waals surface area contributed by atoms with Crippen molar-refractivity contribution < 1.29 is 9.90 Å². The molecule has 1 aromatic heterocycles. The first kappa shape index (κ1) is 12.7. The lowest BCUT2D eigenvalue weighted by molar-refractivity contribution is 0.102. The molecule has 0 bridgehead atoms. The van der Waals surface area contributed by atoms with Gasteiger partial charge in [0.1, 0.15) is 10.9 Å². The molecule has 0 fully saturated rings. The lowest BCUT2D eigenvalue weighted by atomic mass is 10.2. The third-order valence-electron chi connectivity index (χ3n) is 2.18. The average molecular weight is 283 g/mol. The summed E-state index contributed by atoms with van der Waals surface area (Å²) in [6, 6.07) is 7.55. The zero-order valence-electron chi connectivity index (χ0n) is 9.02. The molecular weight excluding hydrogens is 275 g/mol. The van der Waals surface area contributed by atoms with Crippen LogP contribution in [0.1, 0.15) is 10.4 Å². The van der Waals surface area contributed by atoms with E-state index in [1.807, 2.05) is 0 Å². The lowest BCUT2D eigenvalue weighted by Gasteiger charge is -2.05. The Balaban J connectivity index is 2.16. The van der Waals surface area contributed by atoms with E-state index in [4.69, 9.17) is 28.3 Å². The summed E-state index contributed by atoms with van der Waals surface area (Å²) in [7, 11) is 0. The number of carbonyl (C=O) groups is 1. The van der Waals surface area contributed by atoms with Crippen molar-refractivity contribution in [2.45, 2.75) is 0 Å². The van der Waals surface area contributed by atoms with E-state index >= 15 is 0 Å². The molecule has 92 valence electrons. The largest absolute Gasteiger partial charge is 0.508 e. The average Bonchev–Trinajstić information content (AvgIpc) is 2.35. The minimum atomic E-state index is -0.355. The first-order valence-electron chi connectivity index (χ1n) is 4.97. The molecule has 0 atom stereocenters. The van der Waals surface area contributed by atoms with Crippen molar-refractivity contribution in [3.05, 3.63) is 52.3 Å². The second-order valence-corrected chi connectivity index (χ2v) is 4.26. The summed E-state index contributed by atoms with van der Waals surface area (Å²) in [5, 5.41) is 12.1. The minimum Gasteiger partial charge on any atom is -0.508 e. The normalized spacial score (nSPS) is 10.1. The third kappa shape index (κ3) is 2.91. The zero-order chi connectivity index (χ0) is 13.1. The van der Waals surface area contributed by atoms with Crippen LogP contribution in [0.3, 0.4) is 0 Å². The highest BCUT2D eigenvalue weighted by Gasteiger charge is 2.09. The fourth-order valence-corrected chi connectivity index (χ4v) is 1.56. The number of rotatable bonds is 2. The number of halogens is 2. The highest BCUT2D eigenvalue weighted by atomic mass is 35.5. The van der Waals surface area contributed by atoms with Crippen molar-refractivity contribution in [1.82, 2.24) is 4.98 Å². The maximum atomic E-state index is 11.8. The van der Waals surface area contributed by atoms with Crippen molar-refractivity contribution in [3.8, 4) is 5.75 Å². The van der Waals surface area contributed by atoms with Gasteiger partial charge >= 0.3 is 0 Å². The molecule has 1 amide bonds. The fraction of sp³-hybridized carbons (Fsp3) is 0. The van der Waals surface area contributed by atoms with E-state index in [2.05, 4.69) is 10.3 Å². The van der Waals surface area contributed by atoms with Crippen molar-refractivity contribution in [2.75, 3.05) is 5.32 Å². The second kappa shape index (κ2) is 5.25. The van der Waals surface area contributed by atoms with Crippen LogP contribution in [0.5, 0.6) is 5.75 Å². The topological polar surface area (TPSA) is 62.2 Å². The molecule has 0 unspecified atom stereocenters. The summed E-state index contributed by atoms with van der Waals surface area (Å²) in [6.07, 6.45) is 1.34. The van der Waals surface area contributed by atoms with Crippen LogP contribution in [0.4, 0.5) is 5.69 Å². The number of amides is 1. The Hall–Kier alpha value is -1.78. The maximum absolute atomic E-state index is 11.8. The highest BCUT2D eigenvalue weighted by molar-refractivity contribution is 6.41. The van der Waals surface area contributed by atoms with E-state index in [-0.39, 0.29) is 21.8 Å². The number of anilines is 1. The van der Waals surface area contributed by atoms with Gasteiger partial charge in [-0.2, -0.15) is 0 Å². The number of aromatic hydroxyl groups is 1. The summed E-state index contributed by atoms with van der Waals surface area (Å²) >= 11 is 11.4. The van der Waals surface area contributed by atoms with Crippen LogP contribution in [-0.2, 0) is 0 Å². The van der Waals surface area contributed by atoms with Crippen LogP contribution >= 0.6 is 23.2 Å². The summed E-state index contributed by atoms with van der Waals surface area (Å²) in [6.45, 7) is 0. The van der Waals surface area contributed by atoms with Gasteiger partial charge in [-0.3, -0.25) is 4.79 Å². The van der Waals surface area contributed by atoms with Gasteiger partial charge in [0.25, 0.3) is 5.91 Å². The Morgan fingerprint density at radius 3 is 2.50 bits per heavy atom. The summed E-state index contributed by atoms with van der Waals surface area (Å²) in [5.41, 5.74) is 0.862. The van der Waals surface area contributed by atoms with E-state index in [1.54, 1.807) is 12.1 Å². The highest BCUT2D eigenvalue weighted by Crippen LogP contribution is 2.20. The van der Waals surface area contributed by atoms with E-state index < -0.39 is 0 Å². The van der Waals surface area contributed by atoms with E-state index in [0.29, 0.717) is 11.3 Å². The fourth-order valence-electron chi connectivity index (χ4n) is 1.29. The molecule has 0 aliphatic carbocycles. The number of hydrogen-bond acceptors (Lipinski definition) is 3. The second-order valence-electron chi connectivity index (χ2n) is 3.50. The van der Waals surface area contributed by atoms with Gasteiger partial charge in [-0.1, -0.05) is 23.2 Å². The van der Waals surface area contributed by atoms with E-state index in [0.717, 1.165) is 0 Å². The Bertz CT molecular complexity index is 585. The molecule has 0 radical (unpaired) electrons. The first-order chi connectivity index (χ1) is 8.56. The van der Waals surface area contributed by atoms with Crippen LogP contribution in [0.25, 0.3) is 0 Å². The van der Waals surface area contributed by atoms with Crippen molar-refractivity contribution >= 4 is 34.8 Å². The number of hydrogen-bond donors (Lipinski definition) is 2. The van der Waals surface area contributed by atoms with Crippen molar-refractivity contribution in [2.24, 2.45) is 0 Å². The predicted octanol–water partition coefficient (Wildman–Crippen LogP) is 3.35. The number of nitrogens with zero attached hydrogens (tertiary/aromatic N) is 1. The first-order valence-corrected chi connectivity index (χ1v) is 5.73. The maximum Gasteiger partial charge on any atom is 0.257 e. The molecule has 2 rings (SSSR count). The molecular formula is C12H8Cl2N2O2. The van der Waals surface area contributed by atoms with Crippen molar-refractivity contribution in [3.63, 3.8) is 0 Å². The number of nitrogens with one attached hydrogen (secondary N) is 1. The number of phenolic OH excluding ortho intramolecular Hbond substituents is 1. The molecule has 2 aromatic rings. The predicted molar refractivity (Wildman–Crippen MR) is 70.3 cm³/mol. The van der Waals surface area contributed by atoms with Gasteiger partial charge in [-0.05, 0) is 30.3 Å². The molecule has 0 saturated heterocycles. The number of pyridine rings is 1. The Kier molecular flexibility index (Phi) is 3.69. The molecule has 2 N–H and O–H groups in total. The molecule has 18 heavy (non-hydrogen) atoms. The Morgan fingerprint density at radius 2 is 1.89 bits per heavy atom. The Labute approximate surface area is 113 Å². The van der Waals surface area contributed by atoms with Gasteiger partial charge in [-0.15, -0.1) is 0 Å². The van der Waals surface area contributed by atoms with Crippen LogP contribution < -0.4 is 5.32 Å². The SMILES string of the molecule is O=C(Nc1ccc(O)cc1)c1cnc(Cl)c(Cl)c1. The van der Waals surface area contributed by atoms with Crippen LogP contribution in [0.2, 0.25) is 10.2 Å². The van der Waals surface area contributed by atoms with Gasteiger partial charge in [0.05, 0.1) is 10.6 Å². The van der Waals surface area contributed by atoms with Gasteiger partial charge in [0, 0.05) is 11.9 Å². The molecule has 1 heterocycles. The monoisotopic (exact) mass is 282 g/mol. The van der Waals surface area contributed by atoms with E-state index in [9.17, 15) is 4.79 Å². The number of phenols is 1. The van der Waals surface area contributed by atoms with Crippen molar-refractivity contribution in [1.29, 1.82) is 0 Å².